The number of rotatable bonds is 31. The Morgan fingerprint density at radius 2 is 1.08 bits per heavy atom. The molecular weight excluding hydrogens is 1080 g/mol. The third-order valence-electron chi connectivity index (χ3n) is 16.9. The van der Waals surface area contributed by atoms with Crippen LogP contribution in [0.4, 0.5) is 39.5 Å². The first-order valence-electron chi connectivity index (χ1n) is 28.3. The molecule has 0 aromatic heterocycles. The molecule has 0 unspecified atom stereocenters. The van der Waals surface area contributed by atoms with Gasteiger partial charge >= 0.3 is 23.9 Å². The Bertz CT molecular complexity index is 2240. The lowest BCUT2D eigenvalue weighted by Gasteiger charge is -2.44. The first-order chi connectivity index (χ1) is 36.5. The van der Waals surface area contributed by atoms with Crippen LogP contribution in [0.25, 0.3) is 0 Å². The van der Waals surface area contributed by atoms with Gasteiger partial charge in [0, 0.05) is 25.4 Å². The van der Waals surface area contributed by atoms with Crippen molar-refractivity contribution in [2.75, 3.05) is 13.2 Å². The number of aliphatic hydroxyl groups excluding tert-OH is 1. The van der Waals surface area contributed by atoms with Crippen LogP contribution < -0.4 is 0 Å². The number of hydrogen-bond donors (Lipinski definition) is 1. The molecule has 0 aliphatic heterocycles. The zero-order chi connectivity index (χ0) is 60.1. The Morgan fingerprint density at radius 3 is 1.48 bits per heavy atom. The second kappa shape index (κ2) is 28.9. The van der Waals surface area contributed by atoms with E-state index in [-0.39, 0.29) is 41.9 Å². The highest BCUT2D eigenvalue weighted by molar-refractivity contribution is 6.76. The number of alkyl halides is 9. The Kier molecular flexibility index (Phi) is 25.6. The standard InChI is InChI=1S/C62H93F9O5Si3/c1-17-78(18-2,19-3)74-44-47(8)42-50(11)56(76-77(15,16)57(12,13)14)49(10)37-38-54(72)43-55(75-79(45(4)5,46(6)7)41-39-58(63,64)60(65,66)61(67,68)62(69,70)71)48(9)30-29-40-73-59(51-31-23-20-24-32-51,52-33-25-21-26-34-52)53-35-27-22-28-36-53/h20-36,45-50,54-56,72H,17-19,39-44H2,1-16H3/b30-29+/t47-,48+,49+,50+,54-,55-,56+/m1/s1. The maximum Gasteiger partial charge on any atom is 0.460 e. The van der Waals surface area contributed by atoms with E-state index in [1.54, 1.807) is 46.8 Å². The van der Waals surface area contributed by atoms with Crippen LogP contribution in [0.5, 0.6) is 0 Å². The minimum absolute atomic E-state index is 0.0262. The van der Waals surface area contributed by atoms with Crippen molar-refractivity contribution in [3.8, 4) is 11.8 Å². The minimum Gasteiger partial charge on any atom is -0.417 e. The number of hydrogen-bond acceptors (Lipinski definition) is 5. The van der Waals surface area contributed by atoms with Gasteiger partial charge in [0.1, 0.15) is 11.7 Å². The van der Waals surface area contributed by atoms with Crippen molar-refractivity contribution in [3.63, 3.8) is 0 Å². The van der Waals surface area contributed by atoms with E-state index in [4.69, 9.17) is 18.0 Å². The molecule has 5 nitrogen and oxygen atoms in total. The van der Waals surface area contributed by atoms with Gasteiger partial charge in [-0.05, 0) is 101 Å². The lowest BCUT2D eigenvalue weighted by Crippen LogP contribution is -2.61. The monoisotopic (exact) mass is 1170 g/mol. The van der Waals surface area contributed by atoms with Gasteiger partial charge in [-0.2, -0.15) is 39.5 Å². The van der Waals surface area contributed by atoms with Crippen LogP contribution in [0.2, 0.25) is 53.4 Å². The van der Waals surface area contributed by atoms with Gasteiger partial charge < -0.3 is 23.1 Å². The Labute approximate surface area is 471 Å². The molecule has 7 atom stereocenters. The van der Waals surface area contributed by atoms with Crippen molar-refractivity contribution < 1.29 is 62.6 Å². The van der Waals surface area contributed by atoms with Crippen LogP contribution in [-0.2, 0) is 23.6 Å². The van der Waals surface area contributed by atoms with E-state index in [1.807, 2.05) is 97.9 Å². The summed E-state index contributed by atoms with van der Waals surface area (Å²) >= 11 is 0. The van der Waals surface area contributed by atoms with E-state index in [1.165, 1.54) is 0 Å². The third kappa shape index (κ3) is 17.2. The quantitative estimate of drug-likeness (QED) is 0.0229. The smallest absolute Gasteiger partial charge is 0.417 e. The molecule has 79 heavy (non-hydrogen) atoms. The summed E-state index contributed by atoms with van der Waals surface area (Å²) in [7, 11) is -8.11. The molecule has 0 heterocycles. The summed E-state index contributed by atoms with van der Waals surface area (Å²) in [5.41, 5.74) is 0.186. The van der Waals surface area contributed by atoms with Gasteiger partial charge in [0.15, 0.2) is 25.0 Å². The molecule has 0 fully saturated rings. The van der Waals surface area contributed by atoms with Gasteiger partial charge in [-0.1, -0.05) is 205 Å². The third-order valence-corrected chi connectivity index (χ3v) is 31.7. The average Bonchev–Trinajstić information content (AvgIpc) is 3.43. The zero-order valence-electron chi connectivity index (χ0n) is 49.9. The molecular formula is C62H93F9O5Si3. The van der Waals surface area contributed by atoms with Crippen LogP contribution in [0, 0.1) is 35.5 Å². The molecule has 0 spiro atoms. The summed E-state index contributed by atoms with van der Waals surface area (Å²) in [6, 6.07) is 31.3. The van der Waals surface area contributed by atoms with Gasteiger partial charge in [-0.3, -0.25) is 0 Å². The summed E-state index contributed by atoms with van der Waals surface area (Å²) < 4.78 is 157. The Balaban J connectivity index is 2.15. The molecule has 3 aromatic carbocycles. The summed E-state index contributed by atoms with van der Waals surface area (Å²) in [6.07, 6.45) is -7.52. The van der Waals surface area contributed by atoms with Crippen LogP contribution >= 0.6 is 0 Å². The van der Waals surface area contributed by atoms with Gasteiger partial charge in [0.25, 0.3) is 0 Å². The molecule has 0 amide bonds. The molecule has 0 saturated carbocycles. The van der Waals surface area contributed by atoms with Gasteiger partial charge in [-0.15, -0.1) is 0 Å². The number of aliphatic hydroxyl groups is 1. The molecule has 17 heteroatoms. The fourth-order valence-electron chi connectivity index (χ4n) is 10.5. The SMILES string of the molecule is CC[Si](CC)(CC)OC[C@H](C)C[C@H](C)[C@@H](O[Si](C)(C)C(C)(C)C)[C@@H](C)C#C[C@@H](O)C[C@@H](O[Si](CCC(F)(F)C(F)(F)C(F)(F)C(F)(F)F)(C(C)C)C(C)C)[C@@H](C)/C=C/COC(c1ccccc1)(c1ccccc1)c1ccccc1. The van der Waals surface area contributed by atoms with E-state index in [0.717, 1.165) is 41.2 Å². The van der Waals surface area contributed by atoms with Crippen LogP contribution in [0.1, 0.15) is 133 Å². The van der Waals surface area contributed by atoms with E-state index in [2.05, 4.69) is 80.3 Å². The fourth-order valence-corrected chi connectivity index (χ4v) is 19.5. The van der Waals surface area contributed by atoms with E-state index < -0.39 is 96.2 Å². The molecule has 446 valence electrons. The van der Waals surface area contributed by atoms with Crippen molar-refractivity contribution >= 4 is 25.0 Å². The van der Waals surface area contributed by atoms with E-state index in [0.29, 0.717) is 6.61 Å². The summed E-state index contributed by atoms with van der Waals surface area (Å²) in [5, 5.41) is 11.9. The maximum absolute atomic E-state index is 15.5. The zero-order valence-corrected chi connectivity index (χ0v) is 52.9. The molecule has 3 rings (SSSR count). The highest BCUT2D eigenvalue weighted by atomic mass is 28.4. The van der Waals surface area contributed by atoms with E-state index >= 15 is 8.78 Å². The first kappa shape index (κ1) is 70.0. The predicted octanol–water partition coefficient (Wildman–Crippen LogP) is 18.7. The Morgan fingerprint density at radius 1 is 0.620 bits per heavy atom. The normalized spacial score (nSPS) is 16.6. The average molecular weight is 1170 g/mol. The minimum atomic E-state index is -7.02. The number of ether oxygens (including phenoxy) is 1. The van der Waals surface area contributed by atoms with Gasteiger partial charge in [0.05, 0.1) is 18.8 Å². The second-order valence-corrected chi connectivity index (χ2v) is 38.7. The van der Waals surface area contributed by atoms with Crippen molar-refractivity contribution in [1.82, 2.24) is 0 Å². The molecule has 1 N–H and O–H groups in total. The highest BCUT2D eigenvalue weighted by Crippen LogP contribution is 2.56. The Hall–Kier alpha value is -3.22. The van der Waals surface area contributed by atoms with Crippen LogP contribution in [0.3, 0.4) is 0 Å². The summed E-state index contributed by atoms with van der Waals surface area (Å²) in [6.45, 7) is 32.8. The van der Waals surface area contributed by atoms with E-state index in [9.17, 15) is 35.8 Å². The molecule has 3 aromatic rings. The number of benzene rings is 3. The van der Waals surface area contributed by atoms with Crippen molar-refractivity contribution in [1.29, 1.82) is 0 Å². The molecule has 0 bridgehead atoms. The first-order valence-corrected chi connectivity index (χ1v) is 36.0. The highest BCUT2D eigenvalue weighted by Gasteiger charge is 2.81. The van der Waals surface area contributed by atoms with Gasteiger partial charge in [0.2, 0.25) is 0 Å². The number of halogens is 9. The molecule has 0 radical (unpaired) electrons. The van der Waals surface area contributed by atoms with Crippen molar-refractivity contribution in [3.05, 3.63) is 120 Å². The van der Waals surface area contributed by atoms with Crippen molar-refractivity contribution in [2.45, 2.75) is 217 Å². The molecule has 0 saturated heterocycles. The molecule has 0 aliphatic carbocycles. The van der Waals surface area contributed by atoms with Gasteiger partial charge in [-0.25, -0.2) is 0 Å². The predicted molar refractivity (Wildman–Crippen MR) is 310 cm³/mol. The van der Waals surface area contributed by atoms with Crippen LogP contribution in [0.15, 0.2) is 103 Å². The summed E-state index contributed by atoms with van der Waals surface area (Å²) in [4.78, 5) is 0. The summed E-state index contributed by atoms with van der Waals surface area (Å²) in [5.74, 6) is -14.0. The van der Waals surface area contributed by atoms with Crippen LogP contribution in [-0.4, -0.2) is 85.5 Å². The van der Waals surface area contributed by atoms with Crippen molar-refractivity contribution in [2.24, 2.45) is 23.7 Å². The maximum atomic E-state index is 15.5. The molecule has 0 aliphatic rings. The topological polar surface area (TPSA) is 57.2 Å². The lowest BCUT2D eigenvalue weighted by atomic mass is 9.80. The largest absolute Gasteiger partial charge is 0.460 e. The fraction of sp³-hybridized carbons (Fsp3) is 0.645. The lowest BCUT2D eigenvalue weighted by molar-refractivity contribution is -0.396. The second-order valence-electron chi connectivity index (χ2n) is 24.2.